The minimum absolute atomic E-state index is 0.326. The van der Waals surface area contributed by atoms with E-state index in [-0.39, 0.29) is 0 Å². The van der Waals surface area contributed by atoms with Crippen LogP contribution in [-0.4, -0.2) is 14.3 Å². The van der Waals surface area contributed by atoms with Crippen LogP contribution in [0.5, 0.6) is 0 Å². The van der Waals surface area contributed by atoms with Gasteiger partial charge in [-0.3, -0.25) is 0 Å². The highest BCUT2D eigenvalue weighted by atomic mass is 35.5. The molecular formula is C10H12Cl2O2Si. The van der Waals surface area contributed by atoms with Crippen molar-refractivity contribution in [1.82, 2.24) is 0 Å². The molecule has 0 saturated carbocycles. The van der Waals surface area contributed by atoms with E-state index < -0.39 is 14.3 Å². The maximum absolute atomic E-state index is 11.7. The third kappa shape index (κ3) is 3.85. The zero-order valence-corrected chi connectivity index (χ0v) is 11.3. The van der Waals surface area contributed by atoms with E-state index in [4.69, 9.17) is 27.6 Å². The van der Waals surface area contributed by atoms with E-state index in [9.17, 15) is 4.79 Å². The second kappa shape index (κ2) is 4.55. The van der Waals surface area contributed by atoms with Gasteiger partial charge in [-0.1, -0.05) is 23.2 Å². The SMILES string of the molecule is C[Si](C)(C)OC(=O)c1cc(Cl)ccc1Cl. The number of hydrogen-bond donors (Lipinski definition) is 0. The molecule has 0 spiro atoms. The fourth-order valence-corrected chi connectivity index (χ4v) is 2.02. The van der Waals surface area contributed by atoms with E-state index >= 15 is 0 Å². The van der Waals surface area contributed by atoms with Gasteiger partial charge in [0.2, 0.25) is 8.32 Å². The van der Waals surface area contributed by atoms with Crippen molar-refractivity contribution in [2.24, 2.45) is 0 Å². The molecule has 0 aliphatic heterocycles. The summed E-state index contributed by atoms with van der Waals surface area (Å²) in [5, 5.41) is 0.838. The predicted octanol–water partition coefficient (Wildman–Crippen LogP) is 3.99. The van der Waals surface area contributed by atoms with Gasteiger partial charge < -0.3 is 4.43 Å². The van der Waals surface area contributed by atoms with Crippen LogP contribution in [0.3, 0.4) is 0 Å². The maximum atomic E-state index is 11.7. The maximum Gasteiger partial charge on any atom is 0.326 e. The highest BCUT2D eigenvalue weighted by Crippen LogP contribution is 2.22. The Bertz CT molecular complexity index is 385. The zero-order chi connectivity index (χ0) is 11.6. The lowest BCUT2D eigenvalue weighted by Gasteiger charge is -2.17. The number of halogens is 2. The lowest BCUT2D eigenvalue weighted by Crippen LogP contribution is -2.29. The van der Waals surface area contributed by atoms with Crippen molar-refractivity contribution in [1.29, 1.82) is 0 Å². The molecule has 0 unspecified atom stereocenters. The van der Waals surface area contributed by atoms with Crippen LogP contribution in [0.15, 0.2) is 18.2 Å². The van der Waals surface area contributed by atoms with E-state index in [1.807, 2.05) is 19.6 Å². The van der Waals surface area contributed by atoms with Crippen LogP contribution in [-0.2, 0) is 4.43 Å². The van der Waals surface area contributed by atoms with Crippen LogP contribution >= 0.6 is 23.2 Å². The monoisotopic (exact) mass is 262 g/mol. The quantitative estimate of drug-likeness (QED) is 0.754. The van der Waals surface area contributed by atoms with Crippen molar-refractivity contribution < 1.29 is 9.22 Å². The minimum Gasteiger partial charge on any atom is -0.516 e. The first-order valence-corrected chi connectivity index (χ1v) is 8.64. The molecule has 0 aromatic heterocycles. The Morgan fingerprint density at radius 3 is 2.40 bits per heavy atom. The molecule has 0 saturated heterocycles. The second-order valence-electron chi connectivity index (χ2n) is 4.13. The van der Waals surface area contributed by atoms with Crippen LogP contribution in [0.25, 0.3) is 0 Å². The van der Waals surface area contributed by atoms with Crippen molar-refractivity contribution in [2.75, 3.05) is 0 Å². The van der Waals surface area contributed by atoms with E-state index in [0.717, 1.165) is 0 Å². The summed E-state index contributed by atoms with van der Waals surface area (Å²) < 4.78 is 5.32. The van der Waals surface area contributed by atoms with Crippen LogP contribution < -0.4 is 0 Å². The Labute approximate surface area is 100 Å². The first-order chi connectivity index (χ1) is 6.79. The highest BCUT2D eigenvalue weighted by Gasteiger charge is 2.22. The number of carbonyl (C=O) groups excluding carboxylic acids is 1. The summed E-state index contributed by atoms with van der Waals surface area (Å²) in [6.45, 7) is 5.80. The topological polar surface area (TPSA) is 26.3 Å². The summed E-state index contributed by atoms with van der Waals surface area (Å²) in [6.07, 6.45) is 0. The molecule has 0 fully saturated rings. The summed E-state index contributed by atoms with van der Waals surface area (Å²) in [6, 6.07) is 4.74. The Hall–Kier alpha value is -0.513. The second-order valence-corrected chi connectivity index (χ2v) is 9.40. The van der Waals surface area contributed by atoms with Crippen molar-refractivity contribution in [3.8, 4) is 0 Å². The summed E-state index contributed by atoms with van der Waals surface area (Å²) in [5.41, 5.74) is 0.326. The van der Waals surface area contributed by atoms with Gasteiger partial charge in [0.1, 0.15) is 0 Å². The lowest BCUT2D eigenvalue weighted by molar-refractivity contribution is 0.0725. The van der Waals surface area contributed by atoms with Crippen LogP contribution in [0.2, 0.25) is 29.7 Å². The highest BCUT2D eigenvalue weighted by molar-refractivity contribution is 6.71. The van der Waals surface area contributed by atoms with Crippen molar-refractivity contribution in [3.05, 3.63) is 33.8 Å². The van der Waals surface area contributed by atoms with Crippen LogP contribution in [0, 0.1) is 0 Å². The van der Waals surface area contributed by atoms with Crippen molar-refractivity contribution in [2.45, 2.75) is 19.6 Å². The fraction of sp³-hybridized carbons (Fsp3) is 0.300. The summed E-state index contributed by atoms with van der Waals surface area (Å²) >= 11 is 11.7. The molecule has 1 rings (SSSR count). The number of carbonyl (C=O) groups is 1. The lowest BCUT2D eigenvalue weighted by atomic mass is 10.2. The van der Waals surface area contributed by atoms with Gasteiger partial charge in [-0.05, 0) is 37.8 Å². The van der Waals surface area contributed by atoms with Gasteiger partial charge in [-0.15, -0.1) is 0 Å². The Morgan fingerprint density at radius 1 is 1.27 bits per heavy atom. The molecule has 0 amide bonds. The Morgan fingerprint density at radius 2 is 1.87 bits per heavy atom. The van der Waals surface area contributed by atoms with Gasteiger partial charge in [0.05, 0.1) is 10.6 Å². The average molecular weight is 263 g/mol. The minimum atomic E-state index is -1.89. The Balaban J connectivity index is 2.96. The molecule has 1 aromatic carbocycles. The van der Waals surface area contributed by atoms with E-state index in [1.165, 1.54) is 6.07 Å². The van der Waals surface area contributed by atoms with Gasteiger partial charge in [-0.2, -0.15) is 0 Å². The summed E-state index contributed by atoms with van der Waals surface area (Å²) in [4.78, 5) is 11.7. The largest absolute Gasteiger partial charge is 0.516 e. The summed E-state index contributed by atoms with van der Waals surface area (Å²) in [5.74, 6) is -0.401. The number of hydrogen-bond acceptors (Lipinski definition) is 2. The third-order valence-corrected chi connectivity index (χ3v) is 2.91. The number of rotatable bonds is 2. The van der Waals surface area contributed by atoms with E-state index in [0.29, 0.717) is 15.6 Å². The predicted molar refractivity (Wildman–Crippen MR) is 65.2 cm³/mol. The molecule has 15 heavy (non-hydrogen) atoms. The van der Waals surface area contributed by atoms with Gasteiger partial charge >= 0.3 is 5.97 Å². The van der Waals surface area contributed by atoms with E-state index in [2.05, 4.69) is 0 Å². The van der Waals surface area contributed by atoms with Crippen molar-refractivity contribution in [3.63, 3.8) is 0 Å². The van der Waals surface area contributed by atoms with Gasteiger partial charge in [0.25, 0.3) is 0 Å². The number of benzene rings is 1. The first-order valence-electron chi connectivity index (χ1n) is 4.48. The van der Waals surface area contributed by atoms with Crippen LogP contribution in [0.4, 0.5) is 0 Å². The molecule has 0 heterocycles. The summed E-state index contributed by atoms with van der Waals surface area (Å²) in [7, 11) is -1.89. The standard InChI is InChI=1S/C10H12Cl2O2Si/c1-15(2,3)14-10(13)8-6-7(11)4-5-9(8)12/h4-6H,1-3H3. The third-order valence-electron chi connectivity index (χ3n) is 1.55. The molecule has 82 valence electrons. The average Bonchev–Trinajstić information content (AvgIpc) is 2.06. The van der Waals surface area contributed by atoms with Gasteiger partial charge in [-0.25, -0.2) is 4.79 Å². The zero-order valence-electron chi connectivity index (χ0n) is 8.80. The smallest absolute Gasteiger partial charge is 0.326 e. The molecule has 0 N–H and O–H groups in total. The molecule has 2 nitrogen and oxygen atoms in total. The molecule has 5 heteroatoms. The van der Waals surface area contributed by atoms with Crippen LogP contribution in [0.1, 0.15) is 10.4 Å². The fourth-order valence-electron chi connectivity index (χ4n) is 0.987. The molecule has 1 aromatic rings. The molecular weight excluding hydrogens is 251 g/mol. The first kappa shape index (κ1) is 12.6. The normalized spacial score (nSPS) is 11.3. The molecule has 0 radical (unpaired) electrons. The Kier molecular flexibility index (Phi) is 3.81. The molecule has 0 bridgehead atoms. The molecule has 0 aliphatic carbocycles. The van der Waals surface area contributed by atoms with E-state index in [1.54, 1.807) is 12.1 Å². The molecule has 0 aliphatic rings. The molecule has 0 atom stereocenters. The van der Waals surface area contributed by atoms with Gasteiger partial charge in [0.15, 0.2) is 0 Å². The van der Waals surface area contributed by atoms with Crippen molar-refractivity contribution >= 4 is 37.5 Å². The van der Waals surface area contributed by atoms with Gasteiger partial charge in [0, 0.05) is 5.02 Å².